The van der Waals surface area contributed by atoms with Crippen LogP contribution in [0.1, 0.15) is 18.1 Å². The molecule has 0 bridgehead atoms. The fraction of sp³-hybridized carbons (Fsp3) is 0.235. The van der Waals surface area contributed by atoms with Crippen LogP contribution in [0.25, 0.3) is 0 Å². The molecule has 20 heavy (non-hydrogen) atoms. The summed E-state index contributed by atoms with van der Waals surface area (Å²) in [4.78, 5) is 12.1. The van der Waals surface area contributed by atoms with Crippen molar-refractivity contribution in [2.45, 2.75) is 26.4 Å². The second-order valence-electron chi connectivity index (χ2n) is 4.85. The van der Waals surface area contributed by atoms with Gasteiger partial charge in [0.25, 0.3) is 0 Å². The monoisotopic (exact) mass is 288 g/mol. The summed E-state index contributed by atoms with van der Waals surface area (Å²) in [7, 11) is 0. The maximum absolute atomic E-state index is 12.1. The number of rotatable bonds is 5. The molecule has 2 aromatic rings. The Morgan fingerprint density at radius 1 is 1.20 bits per heavy atom. The molecule has 0 amide bonds. The third kappa shape index (κ3) is 4.10. The van der Waals surface area contributed by atoms with Gasteiger partial charge in [-0.1, -0.05) is 47.5 Å². The molecule has 0 fully saturated rings. The normalized spacial score (nSPS) is 11.9. The van der Waals surface area contributed by atoms with Gasteiger partial charge in [-0.3, -0.25) is 4.79 Å². The molecule has 0 heterocycles. The number of carbonyl (C=O) groups excluding carboxylic acids is 1. The first kappa shape index (κ1) is 14.6. The van der Waals surface area contributed by atoms with E-state index in [0.717, 1.165) is 5.56 Å². The zero-order valence-electron chi connectivity index (χ0n) is 11.6. The number of benzene rings is 2. The van der Waals surface area contributed by atoms with E-state index < -0.39 is 6.10 Å². The SMILES string of the molecule is Cc1ccc(CC(=O)C(C)Oc2cccc(Cl)c2)cc1. The Morgan fingerprint density at radius 3 is 2.55 bits per heavy atom. The molecule has 2 nitrogen and oxygen atoms in total. The highest BCUT2D eigenvalue weighted by Gasteiger charge is 2.15. The van der Waals surface area contributed by atoms with Crippen molar-refractivity contribution in [2.24, 2.45) is 0 Å². The first-order valence-electron chi connectivity index (χ1n) is 6.55. The minimum absolute atomic E-state index is 0.0498. The van der Waals surface area contributed by atoms with Crippen LogP contribution in [0.5, 0.6) is 5.75 Å². The molecule has 0 aliphatic carbocycles. The molecule has 2 aromatic carbocycles. The quantitative estimate of drug-likeness (QED) is 0.823. The van der Waals surface area contributed by atoms with Crippen LogP contribution in [0.2, 0.25) is 5.02 Å². The number of halogens is 1. The Kier molecular flexibility index (Phi) is 4.80. The summed E-state index contributed by atoms with van der Waals surface area (Å²) in [6.45, 7) is 3.79. The maximum atomic E-state index is 12.1. The zero-order valence-corrected chi connectivity index (χ0v) is 12.4. The smallest absolute Gasteiger partial charge is 0.177 e. The highest BCUT2D eigenvalue weighted by molar-refractivity contribution is 6.30. The maximum Gasteiger partial charge on any atom is 0.177 e. The van der Waals surface area contributed by atoms with Gasteiger partial charge in [0.2, 0.25) is 0 Å². The van der Waals surface area contributed by atoms with E-state index in [1.807, 2.05) is 31.2 Å². The van der Waals surface area contributed by atoms with Gasteiger partial charge in [-0.2, -0.15) is 0 Å². The first-order chi connectivity index (χ1) is 9.54. The third-order valence-corrected chi connectivity index (χ3v) is 3.30. The highest BCUT2D eigenvalue weighted by Crippen LogP contribution is 2.19. The summed E-state index contributed by atoms with van der Waals surface area (Å²) >= 11 is 5.89. The lowest BCUT2D eigenvalue weighted by molar-refractivity contribution is -0.124. The van der Waals surface area contributed by atoms with Gasteiger partial charge in [0.15, 0.2) is 11.9 Å². The summed E-state index contributed by atoms with van der Waals surface area (Å²) in [5.41, 5.74) is 2.19. The largest absolute Gasteiger partial charge is 0.483 e. The van der Waals surface area contributed by atoms with E-state index in [4.69, 9.17) is 16.3 Å². The van der Waals surface area contributed by atoms with E-state index in [0.29, 0.717) is 17.2 Å². The van der Waals surface area contributed by atoms with Crippen molar-refractivity contribution < 1.29 is 9.53 Å². The number of hydrogen-bond acceptors (Lipinski definition) is 2. The lowest BCUT2D eigenvalue weighted by Gasteiger charge is -2.14. The molecule has 0 saturated carbocycles. The number of carbonyl (C=O) groups is 1. The molecule has 2 rings (SSSR count). The lowest BCUT2D eigenvalue weighted by Crippen LogP contribution is -2.25. The van der Waals surface area contributed by atoms with Crippen molar-refractivity contribution in [1.29, 1.82) is 0 Å². The van der Waals surface area contributed by atoms with E-state index in [2.05, 4.69) is 0 Å². The minimum Gasteiger partial charge on any atom is -0.483 e. The van der Waals surface area contributed by atoms with E-state index in [1.165, 1.54) is 5.56 Å². The zero-order chi connectivity index (χ0) is 14.5. The fourth-order valence-electron chi connectivity index (χ4n) is 1.86. The highest BCUT2D eigenvalue weighted by atomic mass is 35.5. The molecule has 3 heteroatoms. The van der Waals surface area contributed by atoms with Gasteiger partial charge in [0.1, 0.15) is 5.75 Å². The van der Waals surface area contributed by atoms with Crippen LogP contribution in [0.4, 0.5) is 0 Å². The standard InChI is InChI=1S/C17H17ClO2/c1-12-6-8-14(9-7-12)10-17(19)13(2)20-16-5-3-4-15(18)11-16/h3-9,11,13H,10H2,1-2H3. The van der Waals surface area contributed by atoms with Crippen LogP contribution in [0, 0.1) is 6.92 Å². The molecule has 0 aliphatic rings. The molecule has 1 unspecified atom stereocenters. The molecule has 0 aliphatic heterocycles. The van der Waals surface area contributed by atoms with Crippen LogP contribution < -0.4 is 4.74 Å². The van der Waals surface area contributed by atoms with Gasteiger partial charge in [-0.25, -0.2) is 0 Å². The Balaban J connectivity index is 1.96. The average molecular weight is 289 g/mol. The van der Waals surface area contributed by atoms with Crippen molar-refractivity contribution in [2.75, 3.05) is 0 Å². The van der Waals surface area contributed by atoms with Crippen molar-refractivity contribution in [3.8, 4) is 5.75 Å². The predicted molar refractivity (Wildman–Crippen MR) is 81.4 cm³/mol. The molecule has 0 saturated heterocycles. The van der Waals surface area contributed by atoms with Gasteiger partial charge in [-0.15, -0.1) is 0 Å². The van der Waals surface area contributed by atoms with E-state index >= 15 is 0 Å². The molecular weight excluding hydrogens is 272 g/mol. The van der Waals surface area contributed by atoms with Gasteiger partial charge >= 0.3 is 0 Å². The number of ether oxygens (including phenoxy) is 1. The number of ketones is 1. The number of aryl methyl sites for hydroxylation is 1. The second kappa shape index (κ2) is 6.58. The van der Waals surface area contributed by atoms with Crippen LogP contribution in [-0.4, -0.2) is 11.9 Å². The van der Waals surface area contributed by atoms with E-state index in [-0.39, 0.29) is 5.78 Å². The summed E-state index contributed by atoms with van der Waals surface area (Å²) < 4.78 is 5.62. The molecule has 0 radical (unpaired) electrons. The molecule has 0 N–H and O–H groups in total. The van der Waals surface area contributed by atoms with Crippen LogP contribution in [0.15, 0.2) is 48.5 Å². The van der Waals surface area contributed by atoms with Gasteiger partial charge in [-0.05, 0) is 37.6 Å². The Morgan fingerprint density at radius 2 is 1.90 bits per heavy atom. The van der Waals surface area contributed by atoms with Gasteiger partial charge < -0.3 is 4.74 Å². The summed E-state index contributed by atoms with van der Waals surface area (Å²) in [6, 6.07) is 15.0. The van der Waals surface area contributed by atoms with Crippen molar-refractivity contribution in [3.63, 3.8) is 0 Å². The molecule has 0 spiro atoms. The van der Waals surface area contributed by atoms with Crippen LogP contribution >= 0.6 is 11.6 Å². The fourth-order valence-corrected chi connectivity index (χ4v) is 2.04. The second-order valence-corrected chi connectivity index (χ2v) is 5.28. The molecule has 0 aromatic heterocycles. The number of hydrogen-bond donors (Lipinski definition) is 0. The van der Waals surface area contributed by atoms with Gasteiger partial charge in [0.05, 0.1) is 0 Å². The summed E-state index contributed by atoms with van der Waals surface area (Å²) in [5.74, 6) is 0.663. The summed E-state index contributed by atoms with van der Waals surface area (Å²) in [5, 5.41) is 0.598. The number of Topliss-reactive ketones (excluding diaryl/α,β-unsaturated/α-hetero) is 1. The third-order valence-electron chi connectivity index (χ3n) is 3.06. The first-order valence-corrected chi connectivity index (χ1v) is 6.93. The van der Waals surface area contributed by atoms with Gasteiger partial charge in [0, 0.05) is 11.4 Å². The Labute approximate surface area is 124 Å². The Bertz CT molecular complexity index is 590. The lowest BCUT2D eigenvalue weighted by atomic mass is 10.0. The van der Waals surface area contributed by atoms with E-state index in [9.17, 15) is 4.79 Å². The minimum atomic E-state index is -0.491. The Hall–Kier alpha value is -1.80. The summed E-state index contributed by atoms with van der Waals surface area (Å²) in [6.07, 6.45) is -0.114. The molecule has 1 atom stereocenters. The van der Waals surface area contributed by atoms with Crippen LogP contribution in [-0.2, 0) is 11.2 Å². The van der Waals surface area contributed by atoms with E-state index in [1.54, 1.807) is 31.2 Å². The predicted octanol–water partition coefficient (Wildman–Crippen LogP) is 4.23. The van der Waals surface area contributed by atoms with Crippen LogP contribution in [0.3, 0.4) is 0 Å². The van der Waals surface area contributed by atoms with Crippen molar-refractivity contribution >= 4 is 17.4 Å². The molecule has 104 valence electrons. The van der Waals surface area contributed by atoms with Crippen molar-refractivity contribution in [1.82, 2.24) is 0 Å². The van der Waals surface area contributed by atoms with Crippen molar-refractivity contribution in [3.05, 3.63) is 64.7 Å². The topological polar surface area (TPSA) is 26.3 Å². The molecular formula is C17H17ClO2. The average Bonchev–Trinajstić information content (AvgIpc) is 2.41.